The summed E-state index contributed by atoms with van der Waals surface area (Å²) in [7, 11) is -3.32. The average molecular weight is 424 g/mol. The molecule has 0 amide bonds. The van der Waals surface area contributed by atoms with Crippen molar-refractivity contribution in [1.82, 2.24) is 9.71 Å². The molecule has 2 aromatic rings. The second-order valence-electron chi connectivity index (χ2n) is 7.41. The van der Waals surface area contributed by atoms with Crippen LogP contribution in [0.1, 0.15) is 19.3 Å². The summed E-state index contributed by atoms with van der Waals surface area (Å²) in [6, 6.07) is 6.85. The predicted molar refractivity (Wildman–Crippen MR) is 103 cm³/mol. The van der Waals surface area contributed by atoms with Crippen LogP contribution < -0.4 is 9.46 Å². The predicted octanol–water partition coefficient (Wildman–Crippen LogP) is 2.89. The van der Waals surface area contributed by atoms with Gasteiger partial charge in [0.1, 0.15) is 5.82 Å². The first-order chi connectivity index (χ1) is 13.9. The Kier molecular flexibility index (Phi) is 5.80. The lowest BCUT2D eigenvalue weighted by molar-refractivity contribution is 0.0180. The van der Waals surface area contributed by atoms with Gasteiger partial charge < -0.3 is 9.47 Å². The number of nitrogens with one attached hydrogen (secondary N) is 1. The molecule has 1 aromatic carbocycles. The number of ether oxygens (including phenoxy) is 2. The van der Waals surface area contributed by atoms with Crippen LogP contribution in [0.3, 0.4) is 0 Å². The largest absolute Gasteiger partial charge is 0.490 e. The number of benzene rings is 1. The molecule has 6 nitrogen and oxygen atoms in total. The minimum atomic E-state index is -3.32. The van der Waals surface area contributed by atoms with E-state index in [-0.39, 0.29) is 29.6 Å². The molecule has 2 aliphatic rings. The molecular formula is C20H22F2N2O4S. The van der Waals surface area contributed by atoms with E-state index >= 15 is 0 Å². The first-order valence-corrected chi connectivity index (χ1v) is 11.1. The van der Waals surface area contributed by atoms with Crippen LogP contribution in [0.25, 0.3) is 11.3 Å². The lowest BCUT2D eigenvalue weighted by Gasteiger charge is -2.31. The molecule has 2 heterocycles. The second kappa shape index (κ2) is 8.33. The maximum atomic E-state index is 14.5. The molecule has 0 unspecified atom stereocenters. The number of aromatic nitrogens is 1. The lowest BCUT2D eigenvalue weighted by atomic mass is 9.98. The summed E-state index contributed by atoms with van der Waals surface area (Å²) in [6.45, 7) is 0.946. The summed E-state index contributed by atoms with van der Waals surface area (Å²) in [6.07, 6.45) is 3.02. The van der Waals surface area contributed by atoms with Gasteiger partial charge in [0.25, 0.3) is 0 Å². The molecule has 9 heteroatoms. The highest BCUT2D eigenvalue weighted by Crippen LogP contribution is 2.30. The molecule has 156 valence electrons. The van der Waals surface area contributed by atoms with Crippen LogP contribution >= 0.6 is 0 Å². The van der Waals surface area contributed by atoms with Gasteiger partial charge in [-0.3, -0.25) is 4.98 Å². The van der Waals surface area contributed by atoms with Gasteiger partial charge in [0.2, 0.25) is 10.0 Å². The topological polar surface area (TPSA) is 77.5 Å². The number of rotatable bonds is 7. The SMILES string of the molecule is O=S(=O)(N[C@@H]1CCOC[C@H]1COc1ccc(-c2ccc(F)cn2)cc1F)C1CC1. The number of hydrogen-bond acceptors (Lipinski definition) is 5. The van der Waals surface area contributed by atoms with E-state index in [1.807, 2.05) is 0 Å². The summed E-state index contributed by atoms with van der Waals surface area (Å²) in [5.74, 6) is -1.18. The van der Waals surface area contributed by atoms with Crippen molar-refractivity contribution >= 4 is 10.0 Å². The second-order valence-corrected chi connectivity index (χ2v) is 9.40. The van der Waals surface area contributed by atoms with Crippen LogP contribution in [0.4, 0.5) is 8.78 Å². The molecule has 2 atom stereocenters. The van der Waals surface area contributed by atoms with Gasteiger partial charge in [0.05, 0.1) is 30.4 Å². The van der Waals surface area contributed by atoms with E-state index in [0.717, 1.165) is 6.20 Å². The van der Waals surface area contributed by atoms with Crippen molar-refractivity contribution in [2.75, 3.05) is 19.8 Å². The van der Waals surface area contributed by atoms with Crippen molar-refractivity contribution < 1.29 is 26.7 Å². The molecule has 4 rings (SSSR count). The number of hydrogen-bond donors (Lipinski definition) is 1. The van der Waals surface area contributed by atoms with E-state index in [1.165, 1.54) is 24.3 Å². The van der Waals surface area contributed by atoms with Crippen molar-refractivity contribution in [3.8, 4) is 17.0 Å². The highest BCUT2D eigenvalue weighted by Gasteiger charge is 2.39. The molecule has 0 bridgehead atoms. The zero-order valence-electron chi connectivity index (χ0n) is 15.7. The third-order valence-corrected chi connectivity index (χ3v) is 7.14. The van der Waals surface area contributed by atoms with Gasteiger partial charge in [-0.1, -0.05) is 0 Å². The van der Waals surface area contributed by atoms with Crippen LogP contribution in [0.15, 0.2) is 36.5 Å². The molecule has 1 aromatic heterocycles. The molecule has 1 N–H and O–H groups in total. The number of nitrogens with zero attached hydrogens (tertiary/aromatic N) is 1. The summed E-state index contributed by atoms with van der Waals surface area (Å²) in [5, 5.41) is -0.294. The van der Waals surface area contributed by atoms with Gasteiger partial charge in [-0.15, -0.1) is 0 Å². The van der Waals surface area contributed by atoms with Gasteiger partial charge in [-0.25, -0.2) is 21.9 Å². The smallest absolute Gasteiger partial charge is 0.214 e. The normalized spacial score (nSPS) is 22.4. The molecule has 0 spiro atoms. The number of sulfonamides is 1. The Morgan fingerprint density at radius 1 is 1.17 bits per heavy atom. The Labute approximate surface area is 168 Å². The summed E-state index contributed by atoms with van der Waals surface area (Å²) >= 11 is 0. The van der Waals surface area contributed by atoms with Gasteiger partial charge >= 0.3 is 0 Å². The van der Waals surface area contributed by atoms with Crippen LogP contribution in [0.2, 0.25) is 0 Å². The minimum absolute atomic E-state index is 0.0604. The number of halogens is 2. The van der Waals surface area contributed by atoms with Crippen LogP contribution in [0, 0.1) is 17.6 Å². The van der Waals surface area contributed by atoms with E-state index in [1.54, 1.807) is 6.07 Å². The highest BCUT2D eigenvalue weighted by atomic mass is 32.2. The van der Waals surface area contributed by atoms with Crippen molar-refractivity contribution in [3.63, 3.8) is 0 Å². The maximum Gasteiger partial charge on any atom is 0.214 e. The molecule has 1 aliphatic carbocycles. The molecule has 1 saturated carbocycles. The number of pyridine rings is 1. The van der Waals surface area contributed by atoms with Crippen LogP contribution in [0.5, 0.6) is 5.75 Å². The van der Waals surface area contributed by atoms with Crippen molar-refractivity contribution in [2.45, 2.75) is 30.6 Å². The third-order valence-electron chi connectivity index (χ3n) is 5.16. The van der Waals surface area contributed by atoms with E-state index in [4.69, 9.17) is 9.47 Å². The Morgan fingerprint density at radius 2 is 2.00 bits per heavy atom. The van der Waals surface area contributed by atoms with E-state index in [9.17, 15) is 17.2 Å². The Bertz CT molecular complexity index is 965. The first-order valence-electron chi connectivity index (χ1n) is 9.55. The van der Waals surface area contributed by atoms with Crippen molar-refractivity contribution in [2.24, 2.45) is 5.92 Å². The molecule has 29 heavy (non-hydrogen) atoms. The Balaban J connectivity index is 1.41. The van der Waals surface area contributed by atoms with Gasteiger partial charge in [-0.2, -0.15) is 0 Å². The fourth-order valence-corrected chi connectivity index (χ4v) is 5.00. The van der Waals surface area contributed by atoms with E-state index in [2.05, 4.69) is 9.71 Å². The first kappa shape index (κ1) is 20.2. The highest BCUT2D eigenvalue weighted by molar-refractivity contribution is 7.90. The molecule has 1 saturated heterocycles. The summed E-state index contributed by atoms with van der Waals surface area (Å²) in [5.41, 5.74) is 0.956. The molecular weight excluding hydrogens is 402 g/mol. The standard InChI is InChI=1S/C20H22F2N2O4S/c21-15-2-5-18(23-10-15)13-1-6-20(17(22)9-13)28-12-14-11-27-8-7-19(14)24-29(25,26)16-3-4-16/h1-2,5-6,9-10,14,16,19,24H,3-4,7-8,11-12H2/t14-,19+/m0/s1. The van der Waals surface area contributed by atoms with Crippen LogP contribution in [-0.2, 0) is 14.8 Å². The average Bonchev–Trinajstić information content (AvgIpc) is 3.54. The molecule has 1 aliphatic heterocycles. The summed E-state index contributed by atoms with van der Waals surface area (Å²) in [4.78, 5) is 3.94. The van der Waals surface area contributed by atoms with Crippen molar-refractivity contribution in [3.05, 3.63) is 48.2 Å². The lowest BCUT2D eigenvalue weighted by Crippen LogP contribution is -2.48. The van der Waals surface area contributed by atoms with E-state index in [0.29, 0.717) is 43.7 Å². The van der Waals surface area contributed by atoms with Gasteiger partial charge in [0.15, 0.2) is 11.6 Å². The third kappa shape index (κ3) is 4.91. The van der Waals surface area contributed by atoms with Gasteiger partial charge in [-0.05, 0) is 49.6 Å². The van der Waals surface area contributed by atoms with Gasteiger partial charge in [0, 0.05) is 24.1 Å². The fraction of sp³-hybridized carbons (Fsp3) is 0.450. The van der Waals surface area contributed by atoms with Crippen molar-refractivity contribution in [1.29, 1.82) is 0 Å². The zero-order valence-corrected chi connectivity index (χ0v) is 16.5. The summed E-state index contributed by atoms with van der Waals surface area (Å²) < 4.78 is 65.8. The quantitative estimate of drug-likeness (QED) is 0.740. The molecule has 2 fully saturated rings. The maximum absolute atomic E-state index is 14.5. The fourth-order valence-electron chi connectivity index (χ4n) is 3.32. The minimum Gasteiger partial charge on any atom is -0.490 e. The molecule has 0 radical (unpaired) electrons. The Morgan fingerprint density at radius 3 is 2.69 bits per heavy atom. The van der Waals surface area contributed by atoms with Crippen LogP contribution in [-0.4, -0.2) is 44.5 Å². The Hall–Kier alpha value is -2.10. The zero-order chi connectivity index (χ0) is 20.4. The van der Waals surface area contributed by atoms with E-state index < -0.39 is 21.7 Å². The monoisotopic (exact) mass is 424 g/mol.